The number of hydrogen-bond acceptors (Lipinski definition) is 5. The van der Waals surface area contributed by atoms with Crippen LogP contribution >= 0.6 is 0 Å². The Bertz CT molecular complexity index is 1120. The summed E-state index contributed by atoms with van der Waals surface area (Å²) in [6.45, 7) is 3.97. The van der Waals surface area contributed by atoms with E-state index in [4.69, 9.17) is 0 Å². The van der Waals surface area contributed by atoms with Crippen molar-refractivity contribution < 1.29 is 9.18 Å². The van der Waals surface area contributed by atoms with Crippen LogP contribution in [0.4, 0.5) is 27.5 Å². The predicted octanol–water partition coefficient (Wildman–Crippen LogP) is 4.94. The van der Waals surface area contributed by atoms with Gasteiger partial charge in [0.15, 0.2) is 0 Å². The van der Waals surface area contributed by atoms with Crippen LogP contribution < -0.4 is 15.5 Å². The van der Waals surface area contributed by atoms with Gasteiger partial charge in [-0.25, -0.2) is 9.37 Å². The lowest BCUT2D eigenvalue weighted by molar-refractivity contribution is -0.118. The zero-order chi connectivity index (χ0) is 22.1. The normalized spacial score (nSPS) is 16.6. The SMILES string of the molecule is Cc1cc(Nc2ccc(NC(=O)C3(c4ccc(F)cc4)CC3)cc2)nc(N2CCCC2)n1. The van der Waals surface area contributed by atoms with E-state index in [9.17, 15) is 9.18 Å². The van der Waals surface area contributed by atoms with E-state index in [1.807, 2.05) is 37.3 Å². The first-order chi connectivity index (χ1) is 15.5. The van der Waals surface area contributed by atoms with E-state index in [0.29, 0.717) is 0 Å². The van der Waals surface area contributed by atoms with Crippen molar-refractivity contribution in [3.63, 3.8) is 0 Å². The average Bonchev–Trinajstić information content (AvgIpc) is 3.41. The van der Waals surface area contributed by atoms with Crippen LogP contribution in [-0.4, -0.2) is 29.0 Å². The lowest BCUT2D eigenvalue weighted by Crippen LogP contribution is -2.27. The Morgan fingerprint density at radius 2 is 1.62 bits per heavy atom. The highest BCUT2D eigenvalue weighted by molar-refractivity contribution is 6.01. The van der Waals surface area contributed by atoms with Crippen molar-refractivity contribution in [2.45, 2.75) is 38.0 Å². The molecule has 2 heterocycles. The molecule has 1 amide bonds. The van der Waals surface area contributed by atoms with Gasteiger partial charge >= 0.3 is 0 Å². The lowest BCUT2D eigenvalue weighted by atomic mass is 9.95. The van der Waals surface area contributed by atoms with Gasteiger partial charge in [0.1, 0.15) is 11.6 Å². The van der Waals surface area contributed by atoms with Crippen LogP contribution in [0.2, 0.25) is 0 Å². The highest BCUT2D eigenvalue weighted by Gasteiger charge is 2.51. The fourth-order valence-corrected chi connectivity index (χ4v) is 4.25. The van der Waals surface area contributed by atoms with Gasteiger partial charge in [0.05, 0.1) is 5.41 Å². The zero-order valence-electron chi connectivity index (χ0n) is 18.1. The summed E-state index contributed by atoms with van der Waals surface area (Å²) in [5, 5.41) is 6.35. The first-order valence-corrected chi connectivity index (χ1v) is 11.1. The first-order valence-electron chi connectivity index (χ1n) is 11.1. The summed E-state index contributed by atoms with van der Waals surface area (Å²) in [6, 6.07) is 15.7. The molecule has 0 spiro atoms. The molecule has 2 aromatic carbocycles. The van der Waals surface area contributed by atoms with Gasteiger partial charge in [-0.15, -0.1) is 0 Å². The maximum Gasteiger partial charge on any atom is 0.235 e. The van der Waals surface area contributed by atoms with Gasteiger partial charge < -0.3 is 15.5 Å². The quantitative estimate of drug-likeness (QED) is 0.579. The number of hydrogen-bond donors (Lipinski definition) is 2. The maximum absolute atomic E-state index is 13.2. The molecule has 2 aliphatic rings. The highest BCUT2D eigenvalue weighted by Crippen LogP contribution is 2.49. The van der Waals surface area contributed by atoms with Crippen molar-refractivity contribution in [1.29, 1.82) is 0 Å². The number of aryl methyl sites for hydroxylation is 1. The van der Waals surface area contributed by atoms with Crippen LogP contribution in [-0.2, 0) is 10.2 Å². The zero-order valence-corrected chi connectivity index (χ0v) is 18.1. The van der Waals surface area contributed by atoms with E-state index in [2.05, 4.69) is 25.5 Å². The van der Waals surface area contributed by atoms with Crippen LogP contribution in [0.3, 0.4) is 0 Å². The molecule has 0 bridgehead atoms. The molecule has 0 atom stereocenters. The van der Waals surface area contributed by atoms with Gasteiger partial charge in [0, 0.05) is 36.2 Å². The molecule has 5 rings (SSSR count). The number of carbonyl (C=O) groups excluding carboxylic acids is 1. The second-order valence-corrected chi connectivity index (χ2v) is 8.63. The van der Waals surface area contributed by atoms with Crippen LogP contribution in [0.1, 0.15) is 36.9 Å². The van der Waals surface area contributed by atoms with Gasteiger partial charge in [-0.3, -0.25) is 4.79 Å². The molecule has 1 aliphatic heterocycles. The summed E-state index contributed by atoms with van der Waals surface area (Å²) in [5.41, 5.74) is 2.85. The van der Waals surface area contributed by atoms with Gasteiger partial charge in [0.2, 0.25) is 11.9 Å². The highest BCUT2D eigenvalue weighted by atomic mass is 19.1. The Morgan fingerprint density at radius 1 is 0.969 bits per heavy atom. The van der Waals surface area contributed by atoms with Gasteiger partial charge in [-0.1, -0.05) is 12.1 Å². The predicted molar refractivity (Wildman–Crippen MR) is 124 cm³/mol. The number of benzene rings is 2. The second-order valence-electron chi connectivity index (χ2n) is 8.63. The molecule has 1 saturated heterocycles. The summed E-state index contributed by atoms with van der Waals surface area (Å²) in [6.07, 6.45) is 3.90. The molecule has 2 fully saturated rings. The summed E-state index contributed by atoms with van der Waals surface area (Å²) in [5.74, 6) is 1.18. The van der Waals surface area contributed by atoms with E-state index in [1.165, 1.54) is 25.0 Å². The average molecular weight is 432 g/mol. The Hall–Kier alpha value is -3.48. The molecule has 6 nitrogen and oxygen atoms in total. The Kier molecular flexibility index (Phi) is 5.25. The molecule has 1 aromatic heterocycles. The van der Waals surface area contributed by atoms with Crippen LogP contribution in [0.5, 0.6) is 0 Å². The Morgan fingerprint density at radius 3 is 2.28 bits per heavy atom. The third-order valence-corrected chi connectivity index (χ3v) is 6.23. The second kappa shape index (κ2) is 8.22. The minimum absolute atomic E-state index is 0.0495. The number of halogens is 1. The van der Waals surface area contributed by atoms with E-state index in [0.717, 1.165) is 60.3 Å². The molecule has 7 heteroatoms. The summed E-state index contributed by atoms with van der Waals surface area (Å²) < 4.78 is 13.2. The maximum atomic E-state index is 13.2. The first kappa shape index (κ1) is 20.4. The molecule has 1 saturated carbocycles. The number of nitrogens with zero attached hydrogens (tertiary/aromatic N) is 3. The van der Waals surface area contributed by atoms with E-state index in [1.54, 1.807) is 12.1 Å². The Labute approximate surface area is 186 Å². The number of carbonyl (C=O) groups is 1. The molecule has 0 unspecified atom stereocenters. The van der Waals surface area contributed by atoms with Crippen molar-refractivity contribution in [2.75, 3.05) is 28.6 Å². The fourth-order valence-electron chi connectivity index (χ4n) is 4.25. The fraction of sp³-hybridized carbons (Fsp3) is 0.320. The van der Waals surface area contributed by atoms with Gasteiger partial charge in [0.25, 0.3) is 0 Å². The smallest absolute Gasteiger partial charge is 0.235 e. The van der Waals surface area contributed by atoms with E-state index in [-0.39, 0.29) is 11.7 Å². The van der Waals surface area contributed by atoms with Crippen molar-refractivity contribution in [3.05, 3.63) is 71.7 Å². The molecule has 3 aromatic rings. The largest absolute Gasteiger partial charge is 0.341 e. The number of rotatable bonds is 6. The molecule has 32 heavy (non-hydrogen) atoms. The van der Waals surface area contributed by atoms with Crippen molar-refractivity contribution >= 4 is 29.0 Å². The molecular formula is C25H26FN5O. The minimum Gasteiger partial charge on any atom is -0.341 e. The molecular weight excluding hydrogens is 405 g/mol. The van der Waals surface area contributed by atoms with Crippen molar-refractivity contribution in [2.24, 2.45) is 0 Å². The summed E-state index contributed by atoms with van der Waals surface area (Å²) >= 11 is 0. The lowest BCUT2D eigenvalue weighted by Gasteiger charge is -2.17. The number of anilines is 4. The topological polar surface area (TPSA) is 70.2 Å². The van der Waals surface area contributed by atoms with E-state index >= 15 is 0 Å². The van der Waals surface area contributed by atoms with Gasteiger partial charge in [-0.05, 0) is 74.6 Å². The monoisotopic (exact) mass is 431 g/mol. The number of amides is 1. The summed E-state index contributed by atoms with van der Waals surface area (Å²) in [7, 11) is 0. The van der Waals surface area contributed by atoms with Crippen molar-refractivity contribution in [1.82, 2.24) is 9.97 Å². The van der Waals surface area contributed by atoms with Crippen LogP contribution in [0.25, 0.3) is 0 Å². The standard InChI is InChI=1S/C25H26FN5O/c1-17-16-22(30-24(27-17)31-14-2-3-15-31)28-20-8-10-21(11-9-20)29-23(32)25(12-13-25)18-4-6-19(26)7-5-18/h4-11,16H,2-3,12-15H2,1H3,(H,29,32)(H,27,28,30). The number of aromatic nitrogens is 2. The summed E-state index contributed by atoms with van der Waals surface area (Å²) in [4.78, 5) is 24.4. The third-order valence-electron chi connectivity index (χ3n) is 6.23. The minimum atomic E-state index is -0.547. The Balaban J connectivity index is 1.26. The number of nitrogens with one attached hydrogen (secondary N) is 2. The van der Waals surface area contributed by atoms with Crippen LogP contribution in [0, 0.1) is 12.7 Å². The van der Waals surface area contributed by atoms with Crippen LogP contribution in [0.15, 0.2) is 54.6 Å². The molecule has 1 aliphatic carbocycles. The van der Waals surface area contributed by atoms with E-state index < -0.39 is 5.41 Å². The molecule has 164 valence electrons. The van der Waals surface area contributed by atoms with Crippen molar-refractivity contribution in [3.8, 4) is 0 Å². The van der Waals surface area contributed by atoms with Gasteiger partial charge in [-0.2, -0.15) is 4.98 Å². The third kappa shape index (κ3) is 4.15. The molecule has 0 radical (unpaired) electrons. The molecule has 2 N–H and O–H groups in total.